The first-order valence-corrected chi connectivity index (χ1v) is 15.8. The first-order chi connectivity index (χ1) is 20.8. The Hall–Kier alpha value is -4.35. The summed E-state index contributed by atoms with van der Waals surface area (Å²) in [6.07, 6.45) is 0. The number of hydrogen-bond acceptors (Lipinski definition) is 8. The molecule has 2 aliphatic heterocycles. The molecular formula is C32H30N4O5S2. The van der Waals surface area contributed by atoms with Crippen molar-refractivity contribution in [1.82, 2.24) is 4.57 Å². The highest BCUT2D eigenvalue weighted by molar-refractivity contribution is 8.00. The van der Waals surface area contributed by atoms with Crippen molar-refractivity contribution in [3.63, 3.8) is 0 Å². The molecule has 1 aromatic heterocycles. The molecule has 1 fully saturated rings. The summed E-state index contributed by atoms with van der Waals surface area (Å²) in [6.45, 7) is 5.62. The van der Waals surface area contributed by atoms with Crippen LogP contribution in [-0.2, 0) is 20.9 Å². The van der Waals surface area contributed by atoms with E-state index in [2.05, 4.69) is 24.1 Å². The van der Waals surface area contributed by atoms with E-state index in [0.717, 1.165) is 35.7 Å². The lowest BCUT2D eigenvalue weighted by atomic mass is 9.83. The number of carbonyl (C=O) groups is 3. The molecule has 3 atom stereocenters. The van der Waals surface area contributed by atoms with Crippen molar-refractivity contribution < 1.29 is 19.5 Å². The van der Waals surface area contributed by atoms with E-state index in [4.69, 9.17) is 0 Å². The molecule has 0 saturated carbocycles. The van der Waals surface area contributed by atoms with Gasteiger partial charge in [0.2, 0.25) is 17.7 Å². The third-order valence-corrected chi connectivity index (χ3v) is 10.5. The van der Waals surface area contributed by atoms with Crippen LogP contribution in [0.15, 0.2) is 88.7 Å². The van der Waals surface area contributed by atoms with Crippen molar-refractivity contribution >= 4 is 57.9 Å². The van der Waals surface area contributed by atoms with Crippen molar-refractivity contribution in [2.75, 3.05) is 28.2 Å². The molecule has 2 aliphatic rings. The quantitative estimate of drug-likeness (QED) is 0.215. The Kier molecular flexibility index (Phi) is 7.85. The molecule has 9 nitrogen and oxygen atoms in total. The Balaban J connectivity index is 1.40. The number of aromatic hydroxyl groups is 1. The third kappa shape index (κ3) is 5.23. The Morgan fingerprint density at radius 3 is 2.23 bits per heavy atom. The molecule has 2 unspecified atom stereocenters. The van der Waals surface area contributed by atoms with Crippen molar-refractivity contribution in [1.29, 1.82) is 0 Å². The van der Waals surface area contributed by atoms with E-state index in [9.17, 15) is 24.3 Å². The fourth-order valence-electron chi connectivity index (χ4n) is 5.82. The maximum absolute atomic E-state index is 14.0. The number of anilines is 3. The molecular weight excluding hydrogens is 585 g/mol. The third-order valence-electron chi connectivity index (χ3n) is 7.90. The molecule has 1 saturated heterocycles. The van der Waals surface area contributed by atoms with Crippen molar-refractivity contribution in [2.24, 2.45) is 5.92 Å². The normalized spacial score (nSPS) is 19.2. The summed E-state index contributed by atoms with van der Waals surface area (Å²) in [5, 5.41) is 12.1. The molecule has 3 heterocycles. The molecule has 0 aliphatic carbocycles. The molecule has 6 rings (SSSR count). The number of phenols is 1. The molecule has 0 spiro atoms. The molecule has 0 radical (unpaired) electrons. The van der Waals surface area contributed by atoms with Gasteiger partial charge in [-0.1, -0.05) is 53.4 Å². The number of rotatable bonds is 8. The largest absolute Gasteiger partial charge is 0.508 e. The summed E-state index contributed by atoms with van der Waals surface area (Å²) in [6, 6.07) is 22.9. The highest BCUT2D eigenvalue weighted by Crippen LogP contribution is 2.54. The van der Waals surface area contributed by atoms with Crippen LogP contribution in [0.3, 0.4) is 0 Å². The van der Waals surface area contributed by atoms with Gasteiger partial charge in [-0.3, -0.25) is 23.7 Å². The fraction of sp³-hybridized carbons (Fsp3) is 0.250. The van der Waals surface area contributed by atoms with E-state index in [1.165, 1.54) is 33.4 Å². The predicted molar refractivity (Wildman–Crippen MR) is 169 cm³/mol. The zero-order chi connectivity index (χ0) is 30.2. The van der Waals surface area contributed by atoms with E-state index < -0.39 is 23.0 Å². The Morgan fingerprint density at radius 1 is 0.907 bits per heavy atom. The summed E-state index contributed by atoms with van der Waals surface area (Å²) in [7, 11) is 0. The van der Waals surface area contributed by atoms with Gasteiger partial charge in [0.25, 0.3) is 0 Å². The van der Waals surface area contributed by atoms with Gasteiger partial charge >= 0.3 is 4.87 Å². The SMILES string of the molecule is CCN(CC)c1ccc([C@H]2c3sc(=O)n(CC(=O)Nc4ccc(O)cc4)c3SC3C(=O)N(c4ccccc4)C(=O)C32)cc1. The zero-order valence-corrected chi connectivity index (χ0v) is 25.2. The monoisotopic (exact) mass is 614 g/mol. The van der Waals surface area contributed by atoms with Gasteiger partial charge in [-0.2, -0.15) is 0 Å². The summed E-state index contributed by atoms with van der Waals surface area (Å²) >= 11 is 2.21. The fourth-order valence-corrected chi connectivity index (χ4v) is 8.59. The zero-order valence-electron chi connectivity index (χ0n) is 23.6. The molecule has 220 valence electrons. The van der Waals surface area contributed by atoms with Gasteiger partial charge in [0.05, 0.1) is 16.6 Å². The summed E-state index contributed by atoms with van der Waals surface area (Å²) in [5.41, 5.74) is 2.88. The van der Waals surface area contributed by atoms with Gasteiger partial charge in [-0.05, 0) is 67.9 Å². The average molecular weight is 615 g/mol. The number of nitrogens with zero attached hydrogens (tertiary/aromatic N) is 3. The second kappa shape index (κ2) is 11.7. The predicted octanol–water partition coefficient (Wildman–Crippen LogP) is 4.90. The Bertz CT molecular complexity index is 1730. The van der Waals surface area contributed by atoms with Gasteiger partial charge in [0.1, 0.15) is 17.5 Å². The molecule has 4 aromatic rings. The number of hydrogen-bond donors (Lipinski definition) is 2. The second-order valence-corrected chi connectivity index (χ2v) is 12.5. The van der Waals surface area contributed by atoms with Crippen LogP contribution in [-0.4, -0.2) is 45.7 Å². The lowest BCUT2D eigenvalue weighted by Gasteiger charge is -2.31. The topological polar surface area (TPSA) is 112 Å². The van der Waals surface area contributed by atoms with Crippen LogP contribution in [0.5, 0.6) is 5.75 Å². The second-order valence-electron chi connectivity index (χ2n) is 10.4. The molecule has 0 bridgehead atoms. The minimum absolute atomic E-state index is 0.0728. The smallest absolute Gasteiger partial charge is 0.308 e. The summed E-state index contributed by atoms with van der Waals surface area (Å²) in [4.78, 5) is 58.1. The Morgan fingerprint density at radius 2 is 1.58 bits per heavy atom. The number of amides is 3. The lowest BCUT2D eigenvalue weighted by molar-refractivity contribution is -0.122. The minimum atomic E-state index is -0.756. The van der Waals surface area contributed by atoms with Gasteiger partial charge in [0.15, 0.2) is 0 Å². The highest BCUT2D eigenvalue weighted by Gasteiger charge is 2.56. The van der Waals surface area contributed by atoms with Crippen molar-refractivity contribution in [3.05, 3.63) is 99.0 Å². The van der Waals surface area contributed by atoms with Gasteiger partial charge in [0, 0.05) is 35.3 Å². The number of benzene rings is 3. The maximum atomic E-state index is 14.0. The number of thioether (sulfide) groups is 1. The van der Waals surface area contributed by atoms with Crippen molar-refractivity contribution in [2.45, 2.75) is 36.6 Å². The molecule has 43 heavy (non-hydrogen) atoms. The number of nitrogens with one attached hydrogen (secondary N) is 1. The van der Waals surface area contributed by atoms with E-state index >= 15 is 0 Å². The van der Waals surface area contributed by atoms with E-state index in [-0.39, 0.29) is 29.0 Å². The number of carbonyl (C=O) groups excluding carboxylic acids is 3. The van der Waals surface area contributed by atoms with Crippen LogP contribution in [0, 0.1) is 5.92 Å². The number of thiazole rings is 1. The molecule has 11 heteroatoms. The van der Waals surface area contributed by atoms with Crippen LogP contribution < -0.4 is 20.0 Å². The van der Waals surface area contributed by atoms with Crippen LogP contribution in [0.2, 0.25) is 0 Å². The van der Waals surface area contributed by atoms with Crippen LogP contribution in [0.1, 0.15) is 30.2 Å². The molecule has 3 aromatic carbocycles. The van der Waals surface area contributed by atoms with Crippen LogP contribution in [0.25, 0.3) is 0 Å². The van der Waals surface area contributed by atoms with E-state index in [0.29, 0.717) is 21.3 Å². The minimum Gasteiger partial charge on any atom is -0.508 e. The van der Waals surface area contributed by atoms with E-state index in [1.807, 2.05) is 30.3 Å². The van der Waals surface area contributed by atoms with Gasteiger partial charge in [-0.25, -0.2) is 4.90 Å². The van der Waals surface area contributed by atoms with Crippen molar-refractivity contribution in [3.8, 4) is 5.75 Å². The number of aromatic nitrogens is 1. The number of para-hydroxylation sites is 1. The number of imide groups is 1. The summed E-state index contributed by atoms with van der Waals surface area (Å²) in [5.74, 6) is -2.22. The van der Waals surface area contributed by atoms with Gasteiger partial charge in [-0.15, -0.1) is 0 Å². The van der Waals surface area contributed by atoms with E-state index in [1.54, 1.807) is 36.4 Å². The molecule has 2 N–H and O–H groups in total. The standard InChI is InChI=1S/C32H30N4O5S2/c1-3-34(4-2)21-14-10-19(11-15-21)25-26-27(30(40)36(29(26)39)22-8-6-5-7-9-22)42-31-28(25)43-32(41)35(31)18-24(38)33-20-12-16-23(37)17-13-20/h5-17,25-27,37H,3-4,18H2,1-2H3,(H,33,38)/t25-,26?,27?/m1/s1. The lowest BCUT2D eigenvalue weighted by Crippen LogP contribution is -2.33. The maximum Gasteiger partial charge on any atom is 0.308 e. The molecule has 3 amide bonds. The first kappa shape index (κ1) is 28.8. The number of phenolic OH excluding ortho intramolecular Hbond substituents is 1. The van der Waals surface area contributed by atoms with Crippen LogP contribution in [0.4, 0.5) is 17.1 Å². The number of fused-ring (bicyclic) bond motifs is 2. The summed E-state index contributed by atoms with van der Waals surface area (Å²) < 4.78 is 1.40. The highest BCUT2D eigenvalue weighted by atomic mass is 32.2. The Labute approximate surface area is 256 Å². The first-order valence-electron chi connectivity index (χ1n) is 14.1. The van der Waals surface area contributed by atoms with Gasteiger partial charge < -0.3 is 15.3 Å². The van der Waals surface area contributed by atoms with Crippen LogP contribution >= 0.6 is 23.1 Å². The average Bonchev–Trinajstić information content (AvgIpc) is 3.46.